The Bertz CT molecular complexity index is 3530. The van der Waals surface area contributed by atoms with Gasteiger partial charge in [-0.15, -0.1) is 11.3 Å². The van der Waals surface area contributed by atoms with Gasteiger partial charge in [0.05, 0.1) is 37.3 Å². The van der Waals surface area contributed by atoms with E-state index in [1.165, 1.54) is 0 Å². The molecule has 3 aromatic heterocycles. The second-order valence-electron chi connectivity index (χ2n) is 12.8. The van der Waals surface area contributed by atoms with E-state index in [0.717, 1.165) is 58.8 Å². The van der Waals surface area contributed by atoms with Crippen LogP contribution in [-0.4, -0.2) is 9.13 Å². The fourth-order valence-electron chi connectivity index (χ4n) is 7.68. The van der Waals surface area contributed by atoms with Gasteiger partial charge in [0.15, 0.2) is 0 Å². The van der Waals surface area contributed by atoms with Crippen LogP contribution in [0.5, 0.6) is 0 Å². The topological polar surface area (TPSA) is 9.86 Å². The monoisotopic (exact) mass is 673 g/mol. The lowest BCUT2D eigenvalue weighted by Gasteiger charge is -2.11. The first kappa shape index (κ1) is 22.3. The minimum Gasteiger partial charge on any atom is -0.309 e. The Hall–Kier alpha value is -6.42. The van der Waals surface area contributed by atoms with Crippen LogP contribution in [0.3, 0.4) is 0 Å². The highest BCUT2D eigenvalue weighted by atomic mass is 32.1. The highest BCUT2D eigenvalue weighted by molar-refractivity contribution is 7.25. The Morgan fingerprint density at radius 1 is 0.412 bits per heavy atom. The third-order valence-electron chi connectivity index (χ3n) is 9.96. The van der Waals surface area contributed by atoms with Gasteiger partial charge in [0, 0.05) is 47.4 Å². The van der Waals surface area contributed by atoms with Crippen LogP contribution in [0.25, 0.3) is 97.4 Å². The molecular formula is C48H30N2S. The molecule has 238 valence electrons. The summed E-state index contributed by atoms with van der Waals surface area (Å²) in [4.78, 5) is 0. The van der Waals surface area contributed by atoms with E-state index >= 15 is 0 Å². The molecule has 0 saturated heterocycles. The molecule has 3 heteroatoms. The maximum absolute atomic E-state index is 9.89. The molecule has 0 unspecified atom stereocenters. The maximum atomic E-state index is 9.89. The highest BCUT2D eigenvalue weighted by Gasteiger charge is 2.19. The van der Waals surface area contributed by atoms with Crippen molar-refractivity contribution in [3.05, 3.63) is 182 Å². The number of nitrogens with zero attached hydrogens (tertiary/aromatic N) is 2. The lowest BCUT2D eigenvalue weighted by Crippen LogP contribution is -1.94. The van der Waals surface area contributed by atoms with Crippen molar-refractivity contribution in [2.24, 2.45) is 0 Å². The maximum Gasteiger partial charge on any atom is 0.0645 e. The van der Waals surface area contributed by atoms with E-state index in [9.17, 15) is 6.85 Å². The van der Waals surface area contributed by atoms with Gasteiger partial charge in [0.25, 0.3) is 0 Å². The molecule has 0 bridgehead atoms. The second-order valence-corrected chi connectivity index (χ2v) is 13.9. The minimum absolute atomic E-state index is 0.0651. The van der Waals surface area contributed by atoms with E-state index in [2.05, 4.69) is 47.0 Å². The molecule has 0 saturated carbocycles. The molecule has 0 atom stereocenters. The van der Waals surface area contributed by atoms with Crippen molar-refractivity contribution in [2.75, 3.05) is 0 Å². The summed E-state index contributed by atoms with van der Waals surface area (Å²) in [7, 11) is 0. The van der Waals surface area contributed by atoms with Crippen LogP contribution in [0, 0.1) is 0 Å². The van der Waals surface area contributed by atoms with Crippen LogP contribution in [0.4, 0.5) is 0 Å². The molecule has 3 heterocycles. The molecule has 11 aromatic rings. The SMILES string of the molecule is [2H]c1c([2H])c([2H])c2c(c1[2H])c1c([2H])c(-c3ccc4c(c3)c3ccc(-c5ccccc5)cc3n4-c3ccccc3)c([2H])c([2H])c1n2-c1cccc2sc3ccccc3c12. The van der Waals surface area contributed by atoms with Crippen molar-refractivity contribution in [3.63, 3.8) is 0 Å². The van der Waals surface area contributed by atoms with Gasteiger partial charge in [-0.2, -0.15) is 0 Å². The highest BCUT2D eigenvalue weighted by Crippen LogP contribution is 2.42. The van der Waals surface area contributed by atoms with E-state index in [0.29, 0.717) is 11.3 Å². The number of aromatic nitrogens is 2. The molecule has 8 aromatic carbocycles. The van der Waals surface area contributed by atoms with Gasteiger partial charge < -0.3 is 9.13 Å². The van der Waals surface area contributed by atoms with Crippen molar-refractivity contribution in [2.45, 2.75) is 0 Å². The Labute approximate surface area is 308 Å². The van der Waals surface area contributed by atoms with E-state index in [4.69, 9.17) is 2.74 Å². The molecule has 11 rings (SSSR count). The number of para-hydroxylation sites is 2. The van der Waals surface area contributed by atoms with E-state index in [1.807, 2.05) is 97.1 Å². The molecule has 0 aliphatic rings. The van der Waals surface area contributed by atoms with Crippen molar-refractivity contribution in [1.82, 2.24) is 9.13 Å². The summed E-state index contributed by atoms with van der Waals surface area (Å²) in [6.07, 6.45) is 0. The molecule has 0 aliphatic heterocycles. The van der Waals surface area contributed by atoms with Crippen LogP contribution < -0.4 is 0 Å². The normalized spacial score (nSPS) is 13.8. The molecule has 0 radical (unpaired) electrons. The largest absolute Gasteiger partial charge is 0.309 e. The summed E-state index contributed by atoms with van der Waals surface area (Å²) in [5, 5.41) is 4.15. The summed E-state index contributed by atoms with van der Waals surface area (Å²) in [6.45, 7) is 0. The van der Waals surface area contributed by atoms with Gasteiger partial charge in [-0.3, -0.25) is 0 Å². The van der Waals surface area contributed by atoms with Crippen LogP contribution in [0.2, 0.25) is 0 Å². The zero-order valence-corrected chi connectivity index (χ0v) is 27.9. The zero-order chi connectivity index (χ0) is 39.6. The summed E-state index contributed by atoms with van der Waals surface area (Å²) < 4.78 is 71.0. The molecular weight excluding hydrogens is 637 g/mol. The molecule has 0 amide bonds. The quantitative estimate of drug-likeness (QED) is 0.176. The molecule has 0 spiro atoms. The van der Waals surface area contributed by atoms with E-state index < -0.39 is 12.1 Å². The minimum atomic E-state index is -0.414. The number of thiophene rings is 1. The number of rotatable bonds is 4. The molecule has 51 heavy (non-hydrogen) atoms. The van der Waals surface area contributed by atoms with Crippen molar-refractivity contribution in [3.8, 4) is 33.6 Å². The number of hydrogen-bond acceptors (Lipinski definition) is 1. The average molecular weight is 674 g/mol. The predicted octanol–water partition coefficient (Wildman–Crippen LogP) is 13.6. The Kier molecular flexibility index (Phi) is 4.84. The lowest BCUT2D eigenvalue weighted by atomic mass is 9.99. The smallest absolute Gasteiger partial charge is 0.0645 e. The van der Waals surface area contributed by atoms with Gasteiger partial charge in [-0.25, -0.2) is 0 Å². The number of fused-ring (bicyclic) bond motifs is 9. The third-order valence-corrected chi connectivity index (χ3v) is 11.1. The van der Waals surface area contributed by atoms with Crippen LogP contribution >= 0.6 is 11.3 Å². The Balaban J connectivity index is 1.23. The van der Waals surface area contributed by atoms with E-state index in [1.54, 1.807) is 15.9 Å². The van der Waals surface area contributed by atoms with Crippen LogP contribution in [0.1, 0.15) is 9.60 Å². The molecule has 0 aliphatic carbocycles. The summed E-state index contributed by atoms with van der Waals surface area (Å²) in [6, 6.07) is 44.8. The van der Waals surface area contributed by atoms with Crippen LogP contribution in [0.15, 0.2) is 182 Å². The van der Waals surface area contributed by atoms with Gasteiger partial charge in [-0.1, -0.05) is 115 Å². The first-order valence-corrected chi connectivity index (χ1v) is 17.7. The zero-order valence-electron chi connectivity index (χ0n) is 34.1. The van der Waals surface area contributed by atoms with E-state index in [-0.39, 0.29) is 57.6 Å². The van der Waals surface area contributed by atoms with Gasteiger partial charge in [0.2, 0.25) is 0 Å². The lowest BCUT2D eigenvalue weighted by molar-refractivity contribution is 1.18. The number of hydrogen-bond donors (Lipinski definition) is 0. The molecule has 0 fully saturated rings. The molecule has 2 nitrogen and oxygen atoms in total. The second kappa shape index (κ2) is 11.0. The number of benzene rings is 8. The standard InChI is InChI=1S/C48H30N2S/c1-3-12-31(13-4-1)34-22-25-37-40-29-32(23-26-42(40)49(45(37)30-34)35-14-5-2-6-15-35)33-24-27-43-39(28-33)36-16-7-9-18-41(36)50(43)44-19-11-21-47-48(44)38-17-8-10-20-46(38)51-47/h1-30H/i7D,9D,16D,18D,24D,27D,28D. The van der Waals surface area contributed by atoms with Gasteiger partial charge >= 0.3 is 0 Å². The van der Waals surface area contributed by atoms with Crippen molar-refractivity contribution < 1.29 is 9.60 Å². The summed E-state index contributed by atoms with van der Waals surface area (Å²) >= 11 is 1.62. The fraction of sp³-hybridized carbons (Fsp3) is 0. The molecule has 0 N–H and O–H groups in total. The average Bonchev–Trinajstić information content (AvgIpc) is 3.93. The predicted molar refractivity (Wildman–Crippen MR) is 219 cm³/mol. The first-order chi connectivity index (χ1) is 28.2. The summed E-state index contributed by atoms with van der Waals surface area (Å²) in [5.41, 5.74) is 6.94. The Morgan fingerprint density at radius 3 is 2.06 bits per heavy atom. The van der Waals surface area contributed by atoms with Gasteiger partial charge in [0.1, 0.15) is 0 Å². The Morgan fingerprint density at radius 2 is 1.16 bits per heavy atom. The summed E-state index contributed by atoms with van der Waals surface area (Å²) in [5.74, 6) is 0. The fourth-order valence-corrected chi connectivity index (χ4v) is 8.81. The van der Waals surface area contributed by atoms with Crippen molar-refractivity contribution in [1.29, 1.82) is 0 Å². The first-order valence-electron chi connectivity index (χ1n) is 20.4. The third kappa shape index (κ3) is 4.29. The van der Waals surface area contributed by atoms with Crippen molar-refractivity contribution >= 4 is 75.1 Å². The van der Waals surface area contributed by atoms with Crippen LogP contribution in [-0.2, 0) is 0 Å². The van der Waals surface area contributed by atoms with Gasteiger partial charge in [-0.05, 0) is 88.9 Å².